The molecule has 12 heteroatoms. The fourth-order valence-corrected chi connectivity index (χ4v) is 3.45. The second-order valence-electron chi connectivity index (χ2n) is 6.54. The highest BCUT2D eigenvalue weighted by molar-refractivity contribution is 6.36. The van der Waals surface area contributed by atoms with Gasteiger partial charge in [0.15, 0.2) is 11.7 Å². The normalized spacial score (nSPS) is 18.6. The molecule has 0 radical (unpaired) electrons. The third-order valence-electron chi connectivity index (χ3n) is 4.58. The summed E-state index contributed by atoms with van der Waals surface area (Å²) < 4.78 is 73.6. The third kappa shape index (κ3) is 3.60. The van der Waals surface area contributed by atoms with Crippen LogP contribution in [0.1, 0.15) is 34.8 Å². The van der Waals surface area contributed by atoms with Gasteiger partial charge in [0.1, 0.15) is 28.2 Å². The molecule has 6 nitrogen and oxygen atoms in total. The standard InChI is InChI=1S/C18H12ClF5N4O2/c19-14-15(17(29)26-10-4-3-8(20)6-9(10)21)27-28-13(18(22,23)24)7-11(25-16(14)28)12-2-1-5-30-12/h1-6,11,13,25H,7H2,(H,26,29)/t11-,13+/m1/s1. The Kier molecular flexibility index (Phi) is 4.92. The predicted molar refractivity (Wildman–Crippen MR) is 96.3 cm³/mol. The van der Waals surface area contributed by atoms with Crippen LogP contribution in [-0.4, -0.2) is 21.9 Å². The van der Waals surface area contributed by atoms with E-state index < -0.39 is 47.9 Å². The molecule has 0 bridgehead atoms. The van der Waals surface area contributed by atoms with E-state index in [1.807, 2.05) is 0 Å². The van der Waals surface area contributed by atoms with Crippen molar-refractivity contribution in [3.8, 4) is 0 Å². The average Bonchev–Trinajstić information content (AvgIpc) is 3.31. The van der Waals surface area contributed by atoms with Crippen LogP contribution in [-0.2, 0) is 0 Å². The number of nitrogens with one attached hydrogen (secondary N) is 2. The van der Waals surface area contributed by atoms with Crippen LogP contribution in [0.15, 0.2) is 41.0 Å². The number of furan rings is 1. The van der Waals surface area contributed by atoms with Gasteiger partial charge in [0.25, 0.3) is 5.91 Å². The zero-order valence-corrected chi connectivity index (χ0v) is 15.6. The van der Waals surface area contributed by atoms with Gasteiger partial charge in [0.05, 0.1) is 18.0 Å². The first-order chi connectivity index (χ1) is 14.1. The molecule has 1 aliphatic rings. The summed E-state index contributed by atoms with van der Waals surface area (Å²) in [6.45, 7) is 0. The Morgan fingerprint density at radius 2 is 2.07 bits per heavy atom. The predicted octanol–water partition coefficient (Wildman–Crippen LogP) is 5.32. The molecule has 0 saturated carbocycles. The summed E-state index contributed by atoms with van der Waals surface area (Å²) in [7, 11) is 0. The Balaban J connectivity index is 1.70. The molecule has 30 heavy (non-hydrogen) atoms. The molecule has 3 heterocycles. The number of fused-ring (bicyclic) bond motifs is 1. The van der Waals surface area contributed by atoms with Gasteiger partial charge < -0.3 is 15.1 Å². The van der Waals surface area contributed by atoms with Gasteiger partial charge >= 0.3 is 6.18 Å². The Hall–Kier alpha value is -3.08. The SMILES string of the molecule is O=C(Nc1ccc(F)cc1F)c1nn2c(c1Cl)N[C@@H](c1ccco1)C[C@H]2C(F)(F)F. The number of carbonyl (C=O) groups is 1. The van der Waals surface area contributed by atoms with E-state index in [1.54, 1.807) is 0 Å². The van der Waals surface area contributed by atoms with Gasteiger partial charge in [-0.25, -0.2) is 13.5 Å². The van der Waals surface area contributed by atoms with Crippen molar-refractivity contribution in [2.45, 2.75) is 24.7 Å². The number of alkyl halides is 3. The lowest BCUT2D eigenvalue weighted by molar-refractivity contribution is -0.174. The molecule has 2 aromatic heterocycles. The van der Waals surface area contributed by atoms with Crippen molar-refractivity contribution in [1.82, 2.24) is 9.78 Å². The van der Waals surface area contributed by atoms with E-state index in [2.05, 4.69) is 15.7 Å². The van der Waals surface area contributed by atoms with Crippen LogP contribution < -0.4 is 10.6 Å². The molecule has 0 fully saturated rings. The van der Waals surface area contributed by atoms with Gasteiger partial charge in [-0.1, -0.05) is 11.6 Å². The van der Waals surface area contributed by atoms with Crippen LogP contribution in [0.5, 0.6) is 0 Å². The zero-order chi connectivity index (χ0) is 21.6. The largest absolute Gasteiger partial charge is 0.467 e. The van der Waals surface area contributed by atoms with Crippen LogP contribution in [0.4, 0.5) is 33.5 Å². The molecule has 0 aliphatic carbocycles. The van der Waals surface area contributed by atoms with Gasteiger partial charge in [-0.2, -0.15) is 18.3 Å². The number of hydrogen-bond donors (Lipinski definition) is 2. The topological polar surface area (TPSA) is 72.1 Å². The summed E-state index contributed by atoms with van der Waals surface area (Å²) in [5.41, 5.74) is -0.922. The lowest BCUT2D eigenvalue weighted by Crippen LogP contribution is -2.35. The first-order valence-corrected chi connectivity index (χ1v) is 8.94. The molecule has 1 amide bonds. The monoisotopic (exact) mass is 446 g/mol. The summed E-state index contributed by atoms with van der Waals surface area (Å²) in [5, 5.41) is 8.27. The lowest BCUT2D eigenvalue weighted by Gasteiger charge is -2.32. The smallest absolute Gasteiger partial charge is 0.410 e. The zero-order valence-electron chi connectivity index (χ0n) is 14.8. The number of carbonyl (C=O) groups excluding carboxylic acids is 1. The maximum atomic E-state index is 13.8. The summed E-state index contributed by atoms with van der Waals surface area (Å²) in [4.78, 5) is 12.5. The van der Waals surface area contributed by atoms with Crippen molar-refractivity contribution in [3.63, 3.8) is 0 Å². The molecule has 1 aromatic carbocycles. The number of rotatable bonds is 3. The minimum atomic E-state index is -4.69. The number of nitrogens with zero attached hydrogens (tertiary/aromatic N) is 2. The second kappa shape index (κ2) is 7.31. The van der Waals surface area contributed by atoms with E-state index in [9.17, 15) is 26.7 Å². The Bertz CT molecular complexity index is 1100. The van der Waals surface area contributed by atoms with Gasteiger partial charge in [-0.3, -0.25) is 4.79 Å². The highest BCUT2D eigenvalue weighted by Crippen LogP contribution is 2.46. The fourth-order valence-electron chi connectivity index (χ4n) is 3.18. The molecule has 0 unspecified atom stereocenters. The maximum Gasteiger partial charge on any atom is 0.410 e. The quantitative estimate of drug-likeness (QED) is 0.534. The van der Waals surface area contributed by atoms with E-state index in [1.165, 1.54) is 18.4 Å². The van der Waals surface area contributed by atoms with Crippen molar-refractivity contribution in [1.29, 1.82) is 0 Å². The molecular weight excluding hydrogens is 435 g/mol. The van der Waals surface area contributed by atoms with Gasteiger partial charge in [-0.15, -0.1) is 0 Å². The number of benzene rings is 1. The molecule has 2 atom stereocenters. The minimum Gasteiger partial charge on any atom is -0.467 e. The van der Waals surface area contributed by atoms with Crippen LogP contribution in [0.3, 0.4) is 0 Å². The summed E-state index contributed by atoms with van der Waals surface area (Å²) in [5.74, 6) is -2.94. The Labute approximate surface area is 170 Å². The van der Waals surface area contributed by atoms with Crippen molar-refractivity contribution in [2.75, 3.05) is 10.6 Å². The van der Waals surface area contributed by atoms with Crippen molar-refractivity contribution < 1.29 is 31.2 Å². The number of halogens is 6. The average molecular weight is 447 g/mol. The van der Waals surface area contributed by atoms with Gasteiger partial charge in [-0.05, 0) is 24.3 Å². The molecule has 4 rings (SSSR count). The van der Waals surface area contributed by atoms with E-state index in [0.717, 1.165) is 12.1 Å². The van der Waals surface area contributed by atoms with E-state index >= 15 is 0 Å². The first kappa shape index (κ1) is 20.2. The highest BCUT2D eigenvalue weighted by atomic mass is 35.5. The van der Waals surface area contributed by atoms with E-state index in [-0.39, 0.29) is 22.3 Å². The minimum absolute atomic E-state index is 0.226. The lowest BCUT2D eigenvalue weighted by atomic mass is 10.0. The van der Waals surface area contributed by atoms with Crippen molar-refractivity contribution in [2.24, 2.45) is 0 Å². The number of anilines is 2. The number of aromatic nitrogens is 2. The molecule has 158 valence electrons. The van der Waals surface area contributed by atoms with Crippen LogP contribution >= 0.6 is 11.6 Å². The van der Waals surface area contributed by atoms with E-state index in [4.69, 9.17) is 16.0 Å². The Morgan fingerprint density at radius 1 is 1.30 bits per heavy atom. The van der Waals surface area contributed by atoms with Crippen LogP contribution in [0.2, 0.25) is 5.02 Å². The van der Waals surface area contributed by atoms with Crippen LogP contribution in [0.25, 0.3) is 0 Å². The number of amides is 1. The summed E-state index contributed by atoms with van der Waals surface area (Å²) in [6.07, 6.45) is -3.81. The summed E-state index contributed by atoms with van der Waals surface area (Å²) in [6, 6.07) is 2.53. The first-order valence-electron chi connectivity index (χ1n) is 8.56. The van der Waals surface area contributed by atoms with E-state index in [0.29, 0.717) is 10.7 Å². The third-order valence-corrected chi connectivity index (χ3v) is 4.93. The molecule has 1 aliphatic heterocycles. The molecular formula is C18H12ClF5N4O2. The van der Waals surface area contributed by atoms with Gasteiger partial charge in [0, 0.05) is 12.5 Å². The second-order valence-corrected chi connectivity index (χ2v) is 6.92. The number of hydrogen-bond acceptors (Lipinski definition) is 4. The molecule has 0 saturated heterocycles. The van der Waals surface area contributed by atoms with Crippen molar-refractivity contribution in [3.05, 3.63) is 64.7 Å². The van der Waals surface area contributed by atoms with Gasteiger partial charge in [0.2, 0.25) is 0 Å². The van der Waals surface area contributed by atoms with Crippen LogP contribution in [0, 0.1) is 11.6 Å². The fraction of sp³-hybridized carbons (Fsp3) is 0.222. The molecule has 0 spiro atoms. The molecule has 2 N–H and O–H groups in total. The molecule has 3 aromatic rings. The Morgan fingerprint density at radius 3 is 2.70 bits per heavy atom. The maximum absolute atomic E-state index is 13.8. The highest BCUT2D eigenvalue weighted by Gasteiger charge is 2.48. The summed E-state index contributed by atoms with van der Waals surface area (Å²) >= 11 is 6.15. The van der Waals surface area contributed by atoms with Crippen molar-refractivity contribution >= 4 is 29.0 Å².